The summed E-state index contributed by atoms with van der Waals surface area (Å²) in [4.78, 5) is 1.25. The van der Waals surface area contributed by atoms with Crippen LogP contribution in [0.2, 0.25) is 0 Å². The Morgan fingerprint density at radius 3 is 2.53 bits per heavy atom. The van der Waals surface area contributed by atoms with Crippen molar-refractivity contribution in [1.29, 1.82) is 5.41 Å². The van der Waals surface area contributed by atoms with Gasteiger partial charge in [-0.2, -0.15) is 0 Å². The lowest BCUT2D eigenvalue weighted by molar-refractivity contribution is 1.27. The van der Waals surface area contributed by atoms with E-state index in [1.54, 1.807) is 11.8 Å². The zero-order valence-corrected chi connectivity index (χ0v) is 12.1. The minimum atomic E-state index is 0.135. The molecule has 0 radical (unpaired) electrons. The molecule has 0 atom stereocenters. The molecule has 2 rings (SSSR count). The van der Waals surface area contributed by atoms with Gasteiger partial charge in [0, 0.05) is 16.2 Å². The molecule has 0 spiro atoms. The van der Waals surface area contributed by atoms with Gasteiger partial charge in [-0.05, 0) is 42.7 Å². The molecule has 0 unspecified atom stereocenters. The van der Waals surface area contributed by atoms with Crippen molar-refractivity contribution in [3.8, 4) is 0 Å². The lowest BCUT2D eigenvalue weighted by Gasteiger charge is -2.09. The molecule has 0 bridgehead atoms. The average Bonchev–Trinajstić information content (AvgIpc) is 2.40. The highest BCUT2D eigenvalue weighted by Gasteiger charge is 2.05. The fraction of sp³-hybridized carbons (Fsp3) is 0.188. The van der Waals surface area contributed by atoms with E-state index in [1.807, 2.05) is 24.3 Å². The third-order valence-corrected chi connectivity index (χ3v) is 4.22. The molecule has 0 fully saturated rings. The number of rotatable bonds is 4. The molecule has 98 valence electrons. The third-order valence-electron chi connectivity index (χ3n) is 3.18. The number of hydrogen-bond donors (Lipinski definition) is 2. The number of aryl methyl sites for hydroxylation is 2. The molecule has 0 aliphatic carbocycles. The van der Waals surface area contributed by atoms with Crippen molar-refractivity contribution in [2.75, 3.05) is 0 Å². The standard InChI is InChI=1S/C16H18N2S/c1-11-7-8-14(9-12(11)2)19-10-13-5-3-4-6-15(13)16(17)18/h3-9H,10H2,1-2H3,(H3,17,18). The molecule has 0 aromatic heterocycles. The number of thioether (sulfide) groups is 1. The highest BCUT2D eigenvalue weighted by atomic mass is 32.2. The van der Waals surface area contributed by atoms with E-state index in [9.17, 15) is 0 Å². The van der Waals surface area contributed by atoms with Crippen molar-refractivity contribution in [1.82, 2.24) is 0 Å². The second-order valence-corrected chi connectivity index (χ2v) is 5.65. The van der Waals surface area contributed by atoms with Crippen LogP contribution in [0, 0.1) is 19.3 Å². The van der Waals surface area contributed by atoms with Crippen molar-refractivity contribution in [3.63, 3.8) is 0 Å². The normalized spacial score (nSPS) is 10.4. The van der Waals surface area contributed by atoms with Gasteiger partial charge in [0.25, 0.3) is 0 Å². The van der Waals surface area contributed by atoms with Crippen LogP contribution in [0.15, 0.2) is 47.4 Å². The molecule has 0 saturated carbocycles. The zero-order chi connectivity index (χ0) is 13.8. The van der Waals surface area contributed by atoms with Crippen molar-refractivity contribution in [2.45, 2.75) is 24.5 Å². The lowest BCUT2D eigenvalue weighted by Crippen LogP contribution is -2.13. The van der Waals surface area contributed by atoms with E-state index >= 15 is 0 Å². The summed E-state index contributed by atoms with van der Waals surface area (Å²) in [5.74, 6) is 0.967. The van der Waals surface area contributed by atoms with Crippen LogP contribution < -0.4 is 5.73 Å². The first kappa shape index (κ1) is 13.7. The molecule has 2 nitrogen and oxygen atoms in total. The van der Waals surface area contributed by atoms with Gasteiger partial charge in [-0.1, -0.05) is 30.3 Å². The average molecular weight is 270 g/mol. The molecule has 0 heterocycles. The van der Waals surface area contributed by atoms with Gasteiger partial charge in [-0.25, -0.2) is 0 Å². The van der Waals surface area contributed by atoms with E-state index in [0.29, 0.717) is 0 Å². The van der Waals surface area contributed by atoms with Crippen LogP contribution in [0.25, 0.3) is 0 Å². The van der Waals surface area contributed by atoms with Crippen molar-refractivity contribution in [2.24, 2.45) is 5.73 Å². The summed E-state index contributed by atoms with van der Waals surface area (Å²) < 4.78 is 0. The van der Waals surface area contributed by atoms with Crippen LogP contribution in [0.1, 0.15) is 22.3 Å². The maximum absolute atomic E-state index is 7.59. The van der Waals surface area contributed by atoms with Gasteiger partial charge in [0.05, 0.1) is 0 Å². The minimum Gasteiger partial charge on any atom is -0.384 e. The Morgan fingerprint density at radius 1 is 1.11 bits per heavy atom. The van der Waals surface area contributed by atoms with E-state index in [4.69, 9.17) is 11.1 Å². The van der Waals surface area contributed by atoms with E-state index < -0.39 is 0 Å². The summed E-state index contributed by atoms with van der Waals surface area (Å²) in [6, 6.07) is 14.3. The molecule has 2 aromatic rings. The highest BCUT2D eigenvalue weighted by Crippen LogP contribution is 2.26. The number of nitrogens with two attached hydrogens (primary N) is 1. The van der Waals surface area contributed by atoms with Crippen LogP contribution in [0.3, 0.4) is 0 Å². The van der Waals surface area contributed by atoms with Gasteiger partial charge in [0.15, 0.2) is 0 Å². The van der Waals surface area contributed by atoms with Crippen LogP contribution in [-0.2, 0) is 5.75 Å². The molecule has 3 N–H and O–H groups in total. The minimum absolute atomic E-state index is 0.135. The molecule has 0 aliphatic heterocycles. The van der Waals surface area contributed by atoms with Gasteiger partial charge in [0.2, 0.25) is 0 Å². The monoisotopic (exact) mass is 270 g/mol. The molecule has 3 heteroatoms. The second-order valence-electron chi connectivity index (χ2n) is 4.61. The van der Waals surface area contributed by atoms with Crippen LogP contribution >= 0.6 is 11.8 Å². The second kappa shape index (κ2) is 5.93. The quantitative estimate of drug-likeness (QED) is 0.503. The molecule has 19 heavy (non-hydrogen) atoms. The Balaban J connectivity index is 2.14. The van der Waals surface area contributed by atoms with Crippen molar-refractivity contribution < 1.29 is 0 Å². The molecular weight excluding hydrogens is 252 g/mol. The first-order valence-corrected chi connectivity index (χ1v) is 7.19. The van der Waals surface area contributed by atoms with Crippen LogP contribution in [-0.4, -0.2) is 5.84 Å². The predicted octanol–water partition coefficient (Wildman–Crippen LogP) is 3.88. The van der Waals surface area contributed by atoms with Crippen molar-refractivity contribution in [3.05, 3.63) is 64.7 Å². The van der Waals surface area contributed by atoms with Gasteiger partial charge >= 0.3 is 0 Å². The fourth-order valence-corrected chi connectivity index (χ4v) is 2.87. The highest BCUT2D eigenvalue weighted by molar-refractivity contribution is 7.98. The Hall–Kier alpha value is -1.74. The molecule has 0 saturated heterocycles. The topological polar surface area (TPSA) is 49.9 Å². The van der Waals surface area contributed by atoms with Gasteiger partial charge in [0.1, 0.15) is 5.84 Å². The predicted molar refractivity (Wildman–Crippen MR) is 82.9 cm³/mol. The summed E-state index contributed by atoms with van der Waals surface area (Å²) in [5, 5.41) is 7.59. The van der Waals surface area contributed by atoms with Crippen LogP contribution in [0.5, 0.6) is 0 Å². The Kier molecular flexibility index (Phi) is 4.27. The fourth-order valence-electron chi connectivity index (χ4n) is 1.87. The summed E-state index contributed by atoms with van der Waals surface area (Å²) in [6.07, 6.45) is 0. The summed E-state index contributed by atoms with van der Waals surface area (Å²) in [7, 11) is 0. The Labute approximate surface area is 118 Å². The molecule has 0 amide bonds. The zero-order valence-electron chi connectivity index (χ0n) is 11.2. The maximum atomic E-state index is 7.59. The first-order chi connectivity index (χ1) is 9.08. The third kappa shape index (κ3) is 3.38. The van der Waals surface area contributed by atoms with E-state index in [-0.39, 0.29) is 5.84 Å². The summed E-state index contributed by atoms with van der Waals surface area (Å²) in [6.45, 7) is 4.25. The van der Waals surface area contributed by atoms with Gasteiger partial charge < -0.3 is 5.73 Å². The summed E-state index contributed by atoms with van der Waals surface area (Å²) in [5.41, 5.74) is 10.2. The van der Waals surface area contributed by atoms with E-state index in [2.05, 4.69) is 32.0 Å². The number of nitrogens with one attached hydrogen (secondary N) is 1. The maximum Gasteiger partial charge on any atom is 0.123 e. The molecular formula is C16H18N2S. The number of nitrogen functional groups attached to an aromatic ring is 1. The first-order valence-electron chi connectivity index (χ1n) is 6.20. The largest absolute Gasteiger partial charge is 0.384 e. The number of hydrogen-bond acceptors (Lipinski definition) is 2. The van der Waals surface area contributed by atoms with E-state index in [1.165, 1.54) is 16.0 Å². The van der Waals surface area contributed by atoms with Gasteiger partial charge in [-0.3, -0.25) is 5.41 Å². The number of benzene rings is 2. The van der Waals surface area contributed by atoms with E-state index in [0.717, 1.165) is 16.9 Å². The number of amidine groups is 1. The molecule has 0 aliphatic rings. The smallest absolute Gasteiger partial charge is 0.123 e. The SMILES string of the molecule is Cc1ccc(SCc2ccccc2C(=N)N)cc1C. The molecule has 2 aromatic carbocycles. The Morgan fingerprint density at radius 2 is 1.84 bits per heavy atom. The summed E-state index contributed by atoms with van der Waals surface area (Å²) >= 11 is 1.78. The van der Waals surface area contributed by atoms with Crippen molar-refractivity contribution >= 4 is 17.6 Å². The van der Waals surface area contributed by atoms with Crippen LogP contribution in [0.4, 0.5) is 0 Å². The Bertz CT molecular complexity index is 605. The lowest BCUT2D eigenvalue weighted by atomic mass is 10.1. The van der Waals surface area contributed by atoms with Gasteiger partial charge in [-0.15, -0.1) is 11.8 Å².